The Morgan fingerprint density at radius 3 is 2.25 bits per heavy atom. The third-order valence-electron chi connectivity index (χ3n) is 6.26. The Labute approximate surface area is 215 Å². The van der Waals surface area contributed by atoms with Crippen LogP contribution in [0.25, 0.3) is 28.0 Å². The highest BCUT2D eigenvalue weighted by atomic mass is 32.2. The maximum Gasteiger partial charge on any atom is 0.461 e. The summed E-state index contributed by atoms with van der Waals surface area (Å²) in [5.74, 6) is 2.02. The molecular formula is C29H29N4O2S+. The lowest BCUT2D eigenvalue weighted by Crippen LogP contribution is -2.38. The molecule has 3 aromatic carbocycles. The summed E-state index contributed by atoms with van der Waals surface area (Å²) in [6.07, 6.45) is 2.03. The summed E-state index contributed by atoms with van der Waals surface area (Å²) in [7, 11) is 3.32. The molecule has 7 heteroatoms. The predicted molar refractivity (Wildman–Crippen MR) is 144 cm³/mol. The quantitative estimate of drug-likeness (QED) is 0.211. The largest absolute Gasteiger partial charge is 0.493 e. The minimum atomic E-state index is 0.639. The number of nitrogens with zero attached hydrogens (tertiary/aromatic N) is 4. The average Bonchev–Trinajstić information content (AvgIpc) is 3.30. The molecule has 0 atom stereocenters. The molecule has 0 aliphatic rings. The van der Waals surface area contributed by atoms with Gasteiger partial charge in [0.15, 0.2) is 11.5 Å². The number of benzene rings is 3. The third kappa shape index (κ3) is 4.42. The Hall–Kier alpha value is -3.84. The van der Waals surface area contributed by atoms with Gasteiger partial charge in [0.1, 0.15) is 5.69 Å². The number of thioether (sulfide) groups is 1. The van der Waals surface area contributed by atoms with Gasteiger partial charge in [-0.2, -0.15) is 9.25 Å². The summed E-state index contributed by atoms with van der Waals surface area (Å²) in [6, 6.07) is 25.1. The van der Waals surface area contributed by atoms with E-state index in [4.69, 9.17) is 19.6 Å². The first-order valence-electron chi connectivity index (χ1n) is 11.7. The minimum absolute atomic E-state index is 0.639. The normalized spacial score (nSPS) is 11.1. The molecule has 6 nitrogen and oxygen atoms in total. The molecule has 36 heavy (non-hydrogen) atoms. The van der Waals surface area contributed by atoms with Crippen LogP contribution >= 0.6 is 11.8 Å². The number of ether oxygens (including phenoxy) is 2. The van der Waals surface area contributed by atoms with E-state index in [0.717, 1.165) is 32.9 Å². The number of aryl methyl sites for hydroxylation is 2. The Balaban J connectivity index is 1.78. The smallest absolute Gasteiger partial charge is 0.461 e. The molecule has 5 rings (SSSR count). The molecule has 0 saturated carbocycles. The van der Waals surface area contributed by atoms with Gasteiger partial charge in [0, 0.05) is 16.0 Å². The molecule has 0 spiro atoms. The molecule has 0 amide bonds. The standard InChI is InChI=1S/C29H29N4O2S/c1-19-11-13-22(14-12-19)27-24-17-26(35-4)25(34-3)16-23(24)15-20(2)33(27)28-30-29(36-5)32(31-28)18-21-9-7-6-8-10-21/h6-17H,18H2,1-5H3/q+1. The number of aromatic nitrogens is 4. The van der Waals surface area contributed by atoms with Crippen molar-refractivity contribution in [3.05, 3.63) is 89.6 Å². The molecule has 2 aromatic heterocycles. The van der Waals surface area contributed by atoms with Crippen molar-refractivity contribution in [2.45, 2.75) is 25.5 Å². The van der Waals surface area contributed by atoms with Gasteiger partial charge in [-0.25, -0.2) is 0 Å². The highest BCUT2D eigenvalue weighted by Crippen LogP contribution is 2.36. The van der Waals surface area contributed by atoms with Crippen molar-refractivity contribution in [1.82, 2.24) is 14.8 Å². The first-order chi connectivity index (χ1) is 17.5. The zero-order chi connectivity index (χ0) is 25.2. The molecule has 0 radical (unpaired) electrons. The van der Waals surface area contributed by atoms with Crippen LogP contribution in [0, 0.1) is 13.8 Å². The Kier molecular flexibility index (Phi) is 6.65. The number of methoxy groups -OCH3 is 2. The van der Waals surface area contributed by atoms with Crippen LogP contribution in [0.2, 0.25) is 0 Å². The van der Waals surface area contributed by atoms with Crippen LogP contribution in [-0.2, 0) is 6.54 Å². The van der Waals surface area contributed by atoms with E-state index in [9.17, 15) is 0 Å². The second kappa shape index (κ2) is 10.0. The van der Waals surface area contributed by atoms with E-state index in [1.165, 1.54) is 11.1 Å². The van der Waals surface area contributed by atoms with Crippen molar-refractivity contribution in [3.63, 3.8) is 0 Å². The lowest BCUT2D eigenvalue weighted by Gasteiger charge is -2.15. The van der Waals surface area contributed by atoms with Crippen LogP contribution < -0.4 is 14.0 Å². The zero-order valence-corrected chi connectivity index (χ0v) is 22.0. The molecule has 182 valence electrons. The van der Waals surface area contributed by atoms with E-state index in [1.807, 2.05) is 41.3 Å². The van der Waals surface area contributed by atoms with Crippen LogP contribution in [0.3, 0.4) is 0 Å². The Morgan fingerprint density at radius 1 is 0.889 bits per heavy atom. The SMILES string of the molecule is COc1cc2cc(C)[n+](-c3nc(SC)n(Cc4ccccc4)n3)c(-c3ccc(C)cc3)c2cc1OC. The molecule has 0 N–H and O–H groups in total. The monoisotopic (exact) mass is 497 g/mol. The van der Waals surface area contributed by atoms with Gasteiger partial charge in [-0.3, -0.25) is 0 Å². The van der Waals surface area contributed by atoms with E-state index in [0.29, 0.717) is 24.0 Å². The Bertz CT molecular complexity index is 1530. The average molecular weight is 498 g/mol. The molecule has 0 aliphatic heterocycles. The van der Waals surface area contributed by atoms with Crippen molar-refractivity contribution in [2.24, 2.45) is 0 Å². The summed E-state index contributed by atoms with van der Waals surface area (Å²) in [4.78, 5) is 4.96. The third-order valence-corrected chi connectivity index (χ3v) is 6.93. The topological polar surface area (TPSA) is 53.0 Å². The summed E-state index contributed by atoms with van der Waals surface area (Å²) in [5.41, 5.74) is 5.49. The second-order valence-electron chi connectivity index (χ2n) is 8.67. The number of hydrogen-bond donors (Lipinski definition) is 0. The van der Waals surface area contributed by atoms with Crippen LogP contribution in [0.1, 0.15) is 16.8 Å². The van der Waals surface area contributed by atoms with Gasteiger partial charge in [0.25, 0.3) is 5.16 Å². The van der Waals surface area contributed by atoms with Crippen molar-refractivity contribution >= 4 is 22.5 Å². The molecule has 0 fully saturated rings. The number of pyridine rings is 1. The fraction of sp³-hybridized carbons (Fsp3) is 0.207. The van der Waals surface area contributed by atoms with Crippen LogP contribution in [0.4, 0.5) is 0 Å². The fourth-order valence-electron chi connectivity index (χ4n) is 4.48. The van der Waals surface area contributed by atoms with E-state index in [-0.39, 0.29) is 0 Å². The highest BCUT2D eigenvalue weighted by molar-refractivity contribution is 7.98. The zero-order valence-electron chi connectivity index (χ0n) is 21.1. The molecule has 0 unspecified atom stereocenters. The first-order valence-corrected chi connectivity index (χ1v) is 13.0. The maximum absolute atomic E-state index is 5.66. The summed E-state index contributed by atoms with van der Waals surface area (Å²) < 4.78 is 15.4. The van der Waals surface area contributed by atoms with Gasteiger partial charge in [-0.15, -0.1) is 0 Å². The van der Waals surface area contributed by atoms with Crippen molar-refractivity contribution in [2.75, 3.05) is 20.5 Å². The van der Waals surface area contributed by atoms with Gasteiger partial charge >= 0.3 is 5.95 Å². The highest BCUT2D eigenvalue weighted by Gasteiger charge is 2.27. The lowest BCUT2D eigenvalue weighted by atomic mass is 10.0. The summed E-state index contributed by atoms with van der Waals surface area (Å²) >= 11 is 1.59. The number of hydrogen-bond acceptors (Lipinski definition) is 5. The van der Waals surface area contributed by atoms with Gasteiger partial charge in [-0.1, -0.05) is 71.9 Å². The number of fused-ring (bicyclic) bond motifs is 1. The maximum atomic E-state index is 5.66. The molecule has 0 bridgehead atoms. The van der Waals surface area contributed by atoms with Crippen molar-refractivity contribution in [3.8, 4) is 28.7 Å². The minimum Gasteiger partial charge on any atom is -0.493 e. The van der Waals surface area contributed by atoms with Crippen molar-refractivity contribution < 1.29 is 14.0 Å². The summed E-state index contributed by atoms with van der Waals surface area (Å²) in [6.45, 7) is 4.84. The van der Waals surface area contributed by atoms with Gasteiger partial charge in [-0.05, 0) is 54.2 Å². The number of rotatable bonds is 7. The molecule has 0 saturated heterocycles. The van der Waals surface area contributed by atoms with E-state index in [1.54, 1.807) is 26.0 Å². The van der Waals surface area contributed by atoms with Gasteiger partial charge in [0.05, 0.1) is 26.5 Å². The Morgan fingerprint density at radius 2 is 1.58 bits per heavy atom. The fourth-order valence-corrected chi connectivity index (χ4v) is 4.97. The second-order valence-corrected chi connectivity index (χ2v) is 9.45. The van der Waals surface area contributed by atoms with Crippen LogP contribution in [0.5, 0.6) is 11.5 Å². The van der Waals surface area contributed by atoms with Crippen LogP contribution in [-0.4, -0.2) is 35.2 Å². The molecule has 0 aliphatic carbocycles. The predicted octanol–water partition coefficient (Wildman–Crippen LogP) is 5.78. The van der Waals surface area contributed by atoms with E-state index in [2.05, 4.69) is 60.9 Å². The lowest BCUT2D eigenvalue weighted by molar-refractivity contribution is -0.597. The van der Waals surface area contributed by atoms with E-state index < -0.39 is 0 Å². The first kappa shape index (κ1) is 23.9. The van der Waals surface area contributed by atoms with Gasteiger partial charge in [0.2, 0.25) is 0 Å². The molecule has 5 aromatic rings. The van der Waals surface area contributed by atoms with E-state index >= 15 is 0 Å². The van der Waals surface area contributed by atoms with Gasteiger partial charge < -0.3 is 9.47 Å². The molecule has 2 heterocycles. The summed E-state index contributed by atoms with van der Waals surface area (Å²) in [5, 5.41) is 7.95. The van der Waals surface area contributed by atoms with Crippen LogP contribution in [0.15, 0.2) is 78.0 Å². The molecular weight excluding hydrogens is 468 g/mol. The van der Waals surface area contributed by atoms with Crippen molar-refractivity contribution in [1.29, 1.82) is 0 Å².